The molecule has 1 rings (SSSR count). The van der Waals surface area contributed by atoms with E-state index in [0.29, 0.717) is 11.4 Å². The minimum atomic E-state index is -1.42. The number of rotatable bonds is 3. The van der Waals surface area contributed by atoms with Gasteiger partial charge in [-0.2, -0.15) is 0 Å². The zero-order valence-electron chi connectivity index (χ0n) is 8.86. The minimum Gasteiger partial charge on any atom is -0.423 e. The SMILES string of the molecule is CCC(C)c1cncc(B(O)O)c1C. The first-order valence-corrected chi connectivity index (χ1v) is 4.88. The molecule has 14 heavy (non-hydrogen) atoms. The third-order valence-electron chi connectivity index (χ3n) is 2.71. The molecule has 0 bridgehead atoms. The summed E-state index contributed by atoms with van der Waals surface area (Å²) in [7, 11) is -1.42. The van der Waals surface area contributed by atoms with Gasteiger partial charge in [0, 0.05) is 17.9 Å². The Kier molecular flexibility index (Phi) is 3.66. The summed E-state index contributed by atoms with van der Waals surface area (Å²) in [6.45, 7) is 6.11. The van der Waals surface area contributed by atoms with Crippen LogP contribution in [0, 0.1) is 6.92 Å². The molecular formula is C10H16BNO2. The van der Waals surface area contributed by atoms with Crippen molar-refractivity contribution < 1.29 is 10.0 Å². The molecule has 0 saturated carbocycles. The molecule has 2 N–H and O–H groups in total. The highest BCUT2D eigenvalue weighted by molar-refractivity contribution is 6.59. The molecule has 0 aliphatic heterocycles. The third-order valence-corrected chi connectivity index (χ3v) is 2.71. The van der Waals surface area contributed by atoms with E-state index in [2.05, 4.69) is 18.8 Å². The second-order valence-corrected chi connectivity index (χ2v) is 3.63. The highest BCUT2D eigenvalue weighted by atomic mass is 16.4. The molecule has 76 valence electrons. The van der Waals surface area contributed by atoms with Crippen LogP contribution in [0.2, 0.25) is 0 Å². The molecule has 0 radical (unpaired) electrons. The Morgan fingerprint density at radius 2 is 2.07 bits per heavy atom. The largest absolute Gasteiger partial charge is 0.490 e. The molecule has 1 atom stereocenters. The quantitative estimate of drug-likeness (QED) is 0.690. The van der Waals surface area contributed by atoms with Crippen molar-refractivity contribution in [3.8, 4) is 0 Å². The Labute approximate surface area is 85.0 Å². The van der Waals surface area contributed by atoms with Gasteiger partial charge in [0.15, 0.2) is 0 Å². The highest BCUT2D eigenvalue weighted by Gasteiger charge is 2.18. The number of nitrogens with zero attached hydrogens (tertiary/aromatic N) is 1. The van der Waals surface area contributed by atoms with Crippen molar-refractivity contribution in [2.75, 3.05) is 0 Å². The number of hydrogen-bond donors (Lipinski definition) is 2. The molecule has 0 saturated heterocycles. The van der Waals surface area contributed by atoms with E-state index in [1.54, 1.807) is 6.20 Å². The van der Waals surface area contributed by atoms with E-state index in [1.807, 2.05) is 6.92 Å². The van der Waals surface area contributed by atoms with Crippen molar-refractivity contribution in [1.82, 2.24) is 4.98 Å². The van der Waals surface area contributed by atoms with Crippen LogP contribution in [0.4, 0.5) is 0 Å². The van der Waals surface area contributed by atoms with Crippen molar-refractivity contribution in [1.29, 1.82) is 0 Å². The van der Waals surface area contributed by atoms with E-state index >= 15 is 0 Å². The standard InChI is InChI=1S/C10H16BNO2/c1-4-7(2)9-5-12-6-10(8(9)3)11(13)14/h5-7,13-14H,4H2,1-3H3. The predicted octanol–water partition coefficient (Wildman–Crippen LogP) is 0.583. The van der Waals surface area contributed by atoms with Crippen molar-refractivity contribution in [2.24, 2.45) is 0 Å². The lowest BCUT2D eigenvalue weighted by molar-refractivity contribution is 0.425. The molecule has 0 amide bonds. The van der Waals surface area contributed by atoms with E-state index < -0.39 is 7.12 Å². The van der Waals surface area contributed by atoms with Gasteiger partial charge in [0.2, 0.25) is 0 Å². The average molecular weight is 193 g/mol. The maximum absolute atomic E-state index is 9.10. The summed E-state index contributed by atoms with van der Waals surface area (Å²) >= 11 is 0. The van der Waals surface area contributed by atoms with Crippen LogP contribution in [0.5, 0.6) is 0 Å². The number of hydrogen-bond acceptors (Lipinski definition) is 3. The van der Waals surface area contributed by atoms with Gasteiger partial charge in [-0.15, -0.1) is 0 Å². The molecular weight excluding hydrogens is 177 g/mol. The Bertz CT molecular complexity index is 315. The van der Waals surface area contributed by atoms with Crippen LogP contribution in [0.25, 0.3) is 0 Å². The summed E-state index contributed by atoms with van der Waals surface area (Å²) in [5, 5.41) is 18.2. The minimum absolute atomic E-state index is 0.404. The summed E-state index contributed by atoms with van der Waals surface area (Å²) in [6, 6.07) is 0. The molecule has 0 aliphatic carbocycles. The van der Waals surface area contributed by atoms with Crippen molar-refractivity contribution in [3.05, 3.63) is 23.5 Å². The fraction of sp³-hybridized carbons (Fsp3) is 0.500. The van der Waals surface area contributed by atoms with E-state index in [-0.39, 0.29) is 0 Å². The summed E-state index contributed by atoms with van der Waals surface area (Å²) in [5.74, 6) is 0.404. The van der Waals surface area contributed by atoms with Crippen molar-refractivity contribution in [3.63, 3.8) is 0 Å². The lowest BCUT2D eigenvalue weighted by Gasteiger charge is -2.14. The topological polar surface area (TPSA) is 53.4 Å². The Balaban J connectivity index is 3.13. The van der Waals surface area contributed by atoms with Gasteiger partial charge in [0.1, 0.15) is 0 Å². The van der Waals surface area contributed by atoms with Crippen LogP contribution >= 0.6 is 0 Å². The van der Waals surface area contributed by atoms with Crippen LogP contribution in [0.1, 0.15) is 37.3 Å². The summed E-state index contributed by atoms with van der Waals surface area (Å²) in [4.78, 5) is 4.02. The molecule has 0 aliphatic rings. The first-order chi connectivity index (χ1) is 6.57. The monoisotopic (exact) mass is 193 g/mol. The van der Waals surface area contributed by atoms with E-state index in [9.17, 15) is 0 Å². The maximum atomic E-state index is 9.10. The predicted molar refractivity (Wildman–Crippen MR) is 57.5 cm³/mol. The van der Waals surface area contributed by atoms with Gasteiger partial charge < -0.3 is 10.0 Å². The van der Waals surface area contributed by atoms with Crippen LogP contribution in [0.3, 0.4) is 0 Å². The first-order valence-electron chi connectivity index (χ1n) is 4.88. The maximum Gasteiger partial charge on any atom is 0.490 e. The lowest BCUT2D eigenvalue weighted by atomic mass is 9.76. The molecule has 0 spiro atoms. The van der Waals surface area contributed by atoms with Gasteiger partial charge in [-0.05, 0) is 30.4 Å². The molecule has 1 heterocycles. The highest BCUT2D eigenvalue weighted by Crippen LogP contribution is 2.19. The fourth-order valence-corrected chi connectivity index (χ4v) is 1.54. The summed E-state index contributed by atoms with van der Waals surface area (Å²) in [6.07, 6.45) is 4.33. The smallest absolute Gasteiger partial charge is 0.423 e. The summed E-state index contributed by atoms with van der Waals surface area (Å²) < 4.78 is 0. The second kappa shape index (κ2) is 4.57. The zero-order valence-corrected chi connectivity index (χ0v) is 8.86. The Hall–Kier alpha value is -0.865. The van der Waals surface area contributed by atoms with Crippen LogP contribution in [0.15, 0.2) is 12.4 Å². The van der Waals surface area contributed by atoms with Crippen molar-refractivity contribution >= 4 is 12.6 Å². The second-order valence-electron chi connectivity index (χ2n) is 3.63. The molecule has 4 heteroatoms. The van der Waals surface area contributed by atoms with Gasteiger partial charge >= 0.3 is 7.12 Å². The average Bonchev–Trinajstić information content (AvgIpc) is 2.16. The summed E-state index contributed by atoms with van der Waals surface area (Å²) in [5.41, 5.74) is 2.53. The van der Waals surface area contributed by atoms with Gasteiger partial charge in [0.25, 0.3) is 0 Å². The van der Waals surface area contributed by atoms with Gasteiger partial charge in [0.05, 0.1) is 0 Å². The van der Waals surface area contributed by atoms with E-state index in [4.69, 9.17) is 10.0 Å². The number of pyridine rings is 1. The van der Waals surface area contributed by atoms with Gasteiger partial charge in [-0.3, -0.25) is 4.98 Å². The van der Waals surface area contributed by atoms with Crippen molar-refractivity contribution in [2.45, 2.75) is 33.1 Å². The van der Waals surface area contributed by atoms with Crippen LogP contribution < -0.4 is 5.46 Å². The Morgan fingerprint density at radius 3 is 2.57 bits per heavy atom. The fourth-order valence-electron chi connectivity index (χ4n) is 1.54. The Morgan fingerprint density at radius 1 is 1.43 bits per heavy atom. The zero-order chi connectivity index (χ0) is 10.7. The number of aromatic nitrogens is 1. The third kappa shape index (κ3) is 2.14. The molecule has 1 aromatic heterocycles. The van der Waals surface area contributed by atoms with Gasteiger partial charge in [-0.1, -0.05) is 13.8 Å². The van der Waals surface area contributed by atoms with E-state index in [1.165, 1.54) is 6.20 Å². The molecule has 1 unspecified atom stereocenters. The molecule has 0 fully saturated rings. The first kappa shape index (κ1) is 11.2. The van der Waals surface area contributed by atoms with Crippen LogP contribution in [-0.2, 0) is 0 Å². The van der Waals surface area contributed by atoms with Gasteiger partial charge in [-0.25, -0.2) is 0 Å². The molecule has 3 nitrogen and oxygen atoms in total. The van der Waals surface area contributed by atoms with Crippen LogP contribution in [-0.4, -0.2) is 22.2 Å². The normalized spacial score (nSPS) is 12.6. The van der Waals surface area contributed by atoms with E-state index in [0.717, 1.165) is 17.5 Å². The molecule has 0 aromatic carbocycles. The lowest BCUT2D eigenvalue weighted by Crippen LogP contribution is -2.33. The molecule has 1 aromatic rings.